The number of amidine groups is 1. The summed E-state index contributed by atoms with van der Waals surface area (Å²) in [6.45, 7) is 0.203. The predicted molar refractivity (Wildman–Crippen MR) is 47.3 cm³/mol. The van der Waals surface area contributed by atoms with Gasteiger partial charge in [-0.3, -0.25) is 10.3 Å². The van der Waals surface area contributed by atoms with Gasteiger partial charge in [0.25, 0.3) is 0 Å². The van der Waals surface area contributed by atoms with Crippen LogP contribution in [0.1, 0.15) is 0 Å². The van der Waals surface area contributed by atoms with Crippen LogP contribution >= 0.6 is 11.6 Å². The van der Waals surface area contributed by atoms with Crippen molar-refractivity contribution in [2.45, 2.75) is 0 Å². The lowest BCUT2D eigenvalue weighted by Gasteiger charge is -2.24. The number of guanidine groups is 1. The molecule has 7 N–H and O–H groups in total. The minimum absolute atomic E-state index is 0.0793. The summed E-state index contributed by atoms with van der Waals surface area (Å²) in [5, 5.41) is 7.25. The molecule has 0 aromatic carbocycles. The van der Waals surface area contributed by atoms with E-state index in [1.807, 2.05) is 0 Å². The van der Waals surface area contributed by atoms with Crippen LogP contribution in [0.2, 0.25) is 0 Å². The molecule has 0 aromatic heterocycles. The van der Waals surface area contributed by atoms with Gasteiger partial charge in [0.15, 0.2) is 16.9 Å². The summed E-state index contributed by atoms with van der Waals surface area (Å²) >= 11 is 5.69. The molecule has 0 bridgehead atoms. The summed E-state index contributed by atoms with van der Waals surface area (Å²) < 4.78 is 0. The molecular formula is C5H9ClN6. The average molecular weight is 189 g/mol. The standard InChI is InChI=1S/C5H9ClN6/c6-3-4(8)11-2(7)1-12(3)5(9)10/h1,8H2,(H2,7,11)(H3,9,10). The fraction of sp³-hybridized carbons (Fsp3) is 0.200. The van der Waals surface area contributed by atoms with Crippen LogP contribution in [0.5, 0.6) is 0 Å². The van der Waals surface area contributed by atoms with Gasteiger partial charge in [-0.05, 0) is 0 Å². The zero-order valence-corrected chi connectivity index (χ0v) is 6.97. The van der Waals surface area contributed by atoms with Gasteiger partial charge in [-0.1, -0.05) is 11.6 Å². The van der Waals surface area contributed by atoms with E-state index in [-0.39, 0.29) is 29.3 Å². The quantitative estimate of drug-likeness (QED) is 0.219. The highest BCUT2D eigenvalue weighted by molar-refractivity contribution is 6.31. The molecule has 1 rings (SSSR count). The molecule has 66 valence electrons. The second kappa shape index (κ2) is 2.90. The highest BCUT2D eigenvalue weighted by atomic mass is 35.5. The minimum atomic E-state index is -0.208. The molecule has 0 amide bonds. The van der Waals surface area contributed by atoms with Gasteiger partial charge in [-0.2, -0.15) is 0 Å². The third kappa shape index (κ3) is 1.42. The molecule has 12 heavy (non-hydrogen) atoms. The van der Waals surface area contributed by atoms with E-state index in [0.29, 0.717) is 0 Å². The van der Waals surface area contributed by atoms with Gasteiger partial charge in [0.05, 0.1) is 6.54 Å². The molecule has 6 nitrogen and oxygen atoms in total. The Balaban J connectivity index is 2.98. The molecule has 0 radical (unpaired) electrons. The summed E-state index contributed by atoms with van der Waals surface area (Å²) in [6, 6.07) is 0. The van der Waals surface area contributed by atoms with Gasteiger partial charge in [0.2, 0.25) is 0 Å². The number of nitrogens with one attached hydrogen (secondary N) is 1. The van der Waals surface area contributed by atoms with Gasteiger partial charge in [-0.25, -0.2) is 4.99 Å². The molecule has 0 aromatic rings. The summed E-state index contributed by atoms with van der Waals surface area (Å²) in [5.41, 5.74) is 16.0. The van der Waals surface area contributed by atoms with Crippen LogP contribution in [0.3, 0.4) is 0 Å². The highest BCUT2D eigenvalue weighted by Crippen LogP contribution is 2.15. The van der Waals surface area contributed by atoms with Crippen molar-refractivity contribution in [3.63, 3.8) is 0 Å². The van der Waals surface area contributed by atoms with E-state index in [9.17, 15) is 0 Å². The Morgan fingerprint density at radius 3 is 2.67 bits per heavy atom. The fourth-order valence-corrected chi connectivity index (χ4v) is 0.990. The van der Waals surface area contributed by atoms with Gasteiger partial charge in [-0.15, -0.1) is 0 Å². The SMILES string of the molecule is N=C(N)N1CC(N)=NC(N)=C1Cl. The molecule has 1 heterocycles. The van der Waals surface area contributed by atoms with Crippen molar-refractivity contribution >= 4 is 23.4 Å². The van der Waals surface area contributed by atoms with E-state index in [0.717, 1.165) is 0 Å². The molecule has 0 saturated carbocycles. The molecule has 0 fully saturated rings. The Labute approximate surface area is 74.2 Å². The predicted octanol–water partition coefficient (Wildman–Crippen LogP) is -1.12. The normalized spacial score (nSPS) is 17.8. The van der Waals surface area contributed by atoms with Crippen LogP contribution in [0, 0.1) is 5.41 Å². The van der Waals surface area contributed by atoms with Crippen molar-refractivity contribution in [3.8, 4) is 0 Å². The Kier molecular flexibility index (Phi) is 2.09. The zero-order valence-electron chi connectivity index (χ0n) is 6.21. The first-order chi connectivity index (χ1) is 5.52. The summed E-state index contributed by atoms with van der Waals surface area (Å²) in [5.74, 6) is 0.156. The van der Waals surface area contributed by atoms with Crippen molar-refractivity contribution in [1.82, 2.24) is 4.90 Å². The minimum Gasteiger partial charge on any atom is -0.386 e. The largest absolute Gasteiger partial charge is 0.386 e. The summed E-state index contributed by atoms with van der Waals surface area (Å²) in [4.78, 5) is 4.99. The lowest BCUT2D eigenvalue weighted by Crippen LogP contribution is -2.43. The van der Waals surface area contributed by atoms with Crippen LogP contribution in [0.4, 0.5) is 0 Å². The molecule has 0 atom stereocenters. The van der Waals surface area contributed by atoms with E-state index in [4.69, 9.17) is 34.2 Å². The maximum absolute atomic E-state index is 7.12. The first kappa shape index (κ1) is 8.66. The molecule has 0 unspecified atom stereocenters. The van der Waals surface area contributed by atoms with Gasteiger partial charge in [0, 0.05) is 0 Å². The van der Waals surface area contributed by atoms with Gasteiger partial charge >= 0.3 is 0 Å². The number of nitrogens with two attached hydrogens (primary N) is 3. The second-order valence-corrected chi connectivity index (χ2v) is 2.61. The van der Waals surface area contributed by atoms with Crippen LogP contribution < -0.4 is 17.2 Å². The molecule has 0 aliphatic carbocycles. The molecular weight excluding hydrogens is 180 g/mol. The Hall–Kier alpha value is -1.43. The van der Waals surface area contributed by atoms with Crippen LogP contribution in [-0.2, 0) is 0 Å². The number of hydrogen-bond donors (Lipinski definition) is 4. The Bertz CT molecular complexity index is 280. The second-order valence-electron chi connectivity index (χ2n) is 2.25. The van der Waals surface area contributed by atoms with Gasteiger partial charge in [0.1, 0.15) is 5.84 Å². The van der Waals surface area contributed by atoms with Crippen molar-refractivity contribution in [1.29, 1.82) is 5.41 Å². The number of rotatable bonds is 0. The average Bonchev–Trinajstić information content (AvgIpc) is 1.96. The van der Waals surface area contributed by atoms with Crippen molar-refractivity contribution in [2.24, 2.45) is 22.2 Å². The van der Waals surface area contributed by atoms with Gasteiger partial charge < -0.3 is 17.2 Å². The monoisotopic (exact) mass is 188 g/mol. The van der Waals surface area contributed by atoms with Crippen LogP contribution in [0.25, 0.3) is 0 Å². The smallest absolute Gasteiger partial charge is 0.194 e. The van der Waals surface area contributed by atoms with Crippen molar-refractivity contribution in [3.05, 3.63) is 11.0 Å². The number of nitrogens with zero attached hydrogens (tertiary/aromatic N) is 2. The van der Waals surface area contributed by atoms with E-state index in [2.05, 4.69) is 4.99 Å². The van der Waals surface area contributed by atoms with E-state index in [1.165, 1.54) is 4.90 Å². The highest BCUT2D eigenvalue weighted by Gasteiger charge is 2.19. The molecule has 7 heteroatoms. The number of halogens is 1. The van der Waals surface area contributed by atoms with Crippen molar-refractivity contribution in [2.75, 3.05) is 6.54 Å². The first-order valence-electron chi connectivity index (χ1n) is 3.12. The number of aliphatic imine (C=N–C) groups is 1. The summed E-state index contributed by atoms with van der Waals surface area (Å²) in [7, 11) is 0. The Morgan fingerprint density at radius 1 is 1.58 bits per heavy atom. The zero-order chi connectivity index (χ0) is 9.30. The van der Waals surface area contributed by atoms with E-state index < -0.39 is 0 Å². The third-order valence-electron chi connectivity index (χ3n) is 1.32. The molecule has 0 spiro atoms. The van der Waals surface area contributed by atoms with Crippen LogP contribution in [0.15, 0.2) is 16.0 Å². The fourth-order valence-electron chi connectivity index (χ4n) is 0.797. The topological polar surface area (TPSA) is 118 Å². The lowest BCUT2D eigenvalue weighted by molar-refractivity contribution is 0.586. The molecule has 1 aliphatic heterocycles. The van der Waals surface area contributed by atoms with Crippen LogP contribution in [-0.4, -0.2) is 23.2 Å². The van der Waals surface area contributed by atoms with Crippen molar-refractivity contribution < 1.29 is 0 Å². The lowest BCUT2D eigenvalue weighted by atomic mass is 10.4. The maximum atomic E-state index is 7.12. The Morgan fingerprint density at radius 2 is 2.17 bits per heavy atom. The molecule has 1 aliphatic rings. The maximum Gasteiger partial charge on any atom is 0.194 e. The van der Waals surface area contributed by atoms with E-state index in [1.54, 1.807) is 0 Å². The van der Waals surface area contributed by atoms with E-state index >= 15 is 0 Å². The third-order valence-corrected chi connectivity index (χ3v) is 1.72. The number of hydrogen-bond acceptors (Lipinski definition) is 4. The molecule has 0 saturated heterocycles. The first-order valence-corrected chi connectivity index (χ1v) is 3.50. The summed E-state index contributed by atoms with van der Waals surface area (Å²) in [6.07, 6.45) is 0.